The molecule has 0 bridgehead atoms. The number of hydrogen-bond donors (Lipinski definition) is 1. The number of benzene rings is 1. The summed E-state index contributed by atoms with van der Waals surface area (Å²) in [6.45, 7) is 5.30. The molecule has 3 nitrogen and oxygen atoms in total. The molecule has 0 spiro atoms. The molecule has 2 rings (SSSR count). The maximum Gasteiger partial charge on any atom is 0.149 e. The van der Waals surface area contributed by atoms with Gasteiger partial charge >= 0.3 is 0 Å². The number of hydrogen-bond acceptors (Lipinski definition) is 3. The number of aryl methyl sites for hydroxylation is 1. The van der Waals surface area contributed by atoms with E-state index < -0.39 is 0 Å². The van der Waals surface area contributed by atoms with Gasteiger partial charge in [-0.05, 0) is 36.6 Å². The van der Waals surface area contributed by atoms with Crippen LogP contribution in [-0.4, -0.2) is 16.5 Å². The Labute approximate surface area is 115 Å². The van der Waals surface area contributed by atoms with Gasteiger partial charge in [0.25, 0.3) is 0 Å². The highest BCUT2D eigenvalue weighted by atomic mass is 15.0. The van der Waals surface area contributed by atoms with Crippen LogP contribution < -0.4 is 5.32 Å². The van der Waals surface area contributed by atoms with Crippen molar-refractivity contribution in [3.8, 4) is 0 Å². The van der Waals surface area contributed by atoms with Gasteiger partial charge in [-0.1, -0.05) is 38.1 Å². The van der Waals surface area contributed by atoms with Crippen LogP contribution in [0.1, 0.15) is 43.3 Å². The van der Waals surface area contributed by atoms with Crippen molar-refractivity contribution in [2.75, 3.05) is 6.54 Å². The third-order valence-corrected chi connectivity index (χ3v) is 3.14. The van der Waals surface area contributed by atoms with E-state index in [0.717, 1.165) is 25.2 Å². The molecule has 1 aromatic carbocycles. The van der Waals surface area contributed by atoms with Crippen LogP contribution in [0.3, 0.4) is 0 Å². The summed E-state index contributed by atoms with van der Waals surface area (Å²) in [6, 6.07) is 10.6. The highest BCUT2D eigenvalue weighted by Crippen LogP contribution is 2.20. The first-order valence-corrected chi connectivity index (χ1v) is 6.94. The molecule has 19 heavy (non-hydrogen) atoms. The molecule has 1 aromatic heterocycles. The molecule has 0 fully saturated rings. The molecule has 1 heterocycles. The highest BCUT2D eigenvalue weighted by molar-refractivity contribution is 5.29. The van der Waals surface area contributed by atoms with Gasteiger partial charge < -0.3 is 5.32 Å². The summed E-state index contributed by atoms with van der Waals surface area (Å²) in [7, 11) is 0. The van der Waals surface area contributed by atoms with E-state index in [1.165, 1.54) is 11.1 Å². The van der Waals surface area contributed by atoms with E-state index in [1.807, 2.05) is 6.07 Å². The molecule has 1 unspecified atom stereocenters. The Morgan fingerprint density at radius 2 is 1.89 bits per heavy atom. The van der Waals surface area contributed by atoms with Crippen molar-refractivity contribution in [1.82, 2.24) is 15.3 Å². The second-order valence-corrected chi connectivity index (χ2v) is 4.59. The second-order valence-electron chi connectivity index (χ2n) is 4.59. The maximum atomic E-state index is 4.39. The Morgan fingerprint density at radius 1 is 1.11 bits per heavy atom. The van der Waals surface area contributed by atoms with E-state index in [1.54, 1.807) is 12.4 Å². The van der Waals surface area contributed by atoms with Crippen molar-refractivity contribution in [2.45, 2.75) is 32.7 Å². The van der Waals surface area contributed by atoms with E-state index in [2.05, 4.69) is 53.4 Å². The first-order valence-electron chi connectivity index (χ1n) is 6.94. The second kappa shape index (κ2) is 7.00. The first-order chi connectivity index (χ1) is 9.35. The minimum atomic E-state index is 0.0765. The summed E-state index contributed by atoms with van der Waals surface area (Å²) in [5, 5.41) is 3.53. The van der Waals surface area contributed by atoms with Crippen molar-refractivity contribution in [2.24, 2.45) is 0 Å². The van der Waals surface area contributed by atoms with Gasteiger partial charge in [-0.3, -0.25) is 0 Å². The van der Waals surface area contributed by atoms with E-state index >= 15 is 0 Å². The fourth-order valence-electron chi connectivity index (χ4n) is 2.10. The molecule has 0 saturated carbocycles. The SMILES string of the molecule is CCCNC(c1cccc(CC)c1)c1ncccn1. The Hall–Kier alpha value is -1.74. The lowest BCUT2D eigenvalue weighted by Crippen LogP contribution is -2.25. The summed E-state index contributed by atoms with van der Waals surface area (Å²) in [5.74, 6) is 0.837. The third kappa shape index (κ3) is 3.61. The van der Waals surface area contributed by atoms with Crippen LogP contribution in [0.2, 0.25) is 0 Å². The zero-order valence-electron chi connectivity index (χ0n) is 11.6. The molecule has 1 atom stereocenters. The highest BCUT2D eigenvalue weighted by Gasteiger charge is 2.15. The molecule has 2 aromatic rings. The molecule has 0 aliphatic carbocycles. The van der Waals surface area contributed by atoms with Crippen molar-refractivity contribution >= 4 is 0 Å². The minimum Gasteiger partial charge on any atom is -0.304 e. The van der Waals surface area contributed by atoms with Gasteiger partial charge in [0.05, 0.1) is 6.04 Å². The Kier molecular flexibility index (Phi) is 5.04. The summed E-state index contributed by atoms with van der Waals surface area (Å²) in [5.41, 5.74) is 2.58. The lowest BCUT2D eigenvalue weighted by atomic mass is 10.0. The van der Waals surface area contributed by atoms with Crippen molar-refractivity contribution in [3.05, 3.63) is 59.7 Å². The van der Waals surface area contributed by atoms with Crippen LogP contribution in [-0.2, 0) is 6.42 Å². The zero-order chi connectivity index (χ0) is 13.5. The molecule has 0 radical (unpaired) electrons. The van der Waals surface area contributed by atoms with Crippen molar-refractivity contribution in [3.63, 3.8) is 0 Å². The predicted molar refractivity (Wildman–Crippen MR) is 78.0 cm³/mol. The molecule has 0 aliphatic heterocycles. The Balaban J connectivity index is 2.31. The quantitative estimate of drug-likeness (QED) is 0.861. The zero-order valence-corrected chi connectivity index (χ0v) is 11.6. The lowest BCUT2D eigenvalue weighted by molar-refractivity contribution is 0.571. The maximum absolute atomic E-state index is 4.39. The van der Waals surface area contributed by atoms with E-state index in [9.17, 15) is 0 Å². The molecule has 100 valence electrons. The molecule has 3 heteroatoms. The predicted octanol–water partition coefficient (Wildman–Crippen LogP) is 3.13. The standard InChI is InChI=1S/C16H21N3/c1-3-9-17-15(16-18-10-6-11-19-16)14-8-5-7-13(4-2)12-14/h5-8,10-12,15,17H,3-4,9H2,1-2H3. The topological polar surface area (TPSA) is 37.8 Å². The third-order valence-electron chi connectivity index (χ3n) is 3.14. The molecule has 0 aliphatic rings. The van der Waals surface area contributed by atoms with Crippen LogP contribution in [0.5, 0.6) is 0 Å². The van der Waals surface area contributed by atoms with E-state index in [-0.39, 0.29) is 6.04 Å². The fraction of sp³-hybridized carbons (Fsp3) is 0.375. The lowest BCUT2D eigenvalue weighted by Gasteiger charge is -2.18. The summed E-state index contributed by atoms with van der Waals surface area (Å²) in [6.07, 6.45) is 5.74. The van der Waals surface area contributed by atoms with Gasteiger partial charge in [-0.25, -0.2) is 9.97 Å². The number of aromatic nitrogens is 2. The average Bonchev–Trinajstić information content (AvgIpc) is 2.49. The van der Waals surface area contributed by atoms with Crippen LogP contribution in [0.4, 0.5) is 0 Å². The van der Waals surface area contributed by atoms with Crippen molar-refractivity contribution in [1.29, 1.82) is 0 Å². The van der Waals surface area contributed by atoms with E-state index in [4.69, 9.17) is 0 Å². The Bertz CT molecular complexity index is 496. The molecular formula is C16H21N3. The Morgan fingerprint density at radius 3 is 2.58 bits per heavy atom. The monoisotopic (exact) mass is 255 g/mol. The number of nitrogens with one attached hydrogen (secondary N) is 1. The summed E-state index contributed by atoms with van der Waals surface area (Å²) >= 11 is 0. The van der Waals surface area contributed by atoms with Gasteiger partial charge in [-0.2, -0.15) is 0 Å². The average molecular weight is 255 g/mol. The van der Waals surface area contributed by atoms with Gasteiger partial charge in [0.1, 0.15) is 5.82 Å². The largest absolute Gasteiger partial charge is 0.304 e. The smallest absolute Gasteiger partial charge is 0.149 e. The summed E-state index contributed by atoms with van der Waals surface area (Å²) in [4.78, 5) is 8.78. The minimum absolute atomic E-state index is 0.0765. The number of rotatable bonds is 6. The van der Waals surface area contributed by atoms with Gasteiger partial charge in [0, 0.05) is 12.4 Å². The van der Waals surface area contributed by atoms with Crippen molar-refractivity contribution < 1.29 is 0 Å². The van der Waals surface area contributed by atoms with Crippen LogP contribution in [0.15, 0.2) is 42.7 Å². The van der Waals surface area contributed by atoms with Gasteiger partial charge in [0.2, 0.25) is 0 Å². The van der Waals surface area contributed by atoms with Crippen LogP contribution >= 0.6 is 0 Å². The van der Waals surface area contributed by atoms with Gasteiger partial charge in [-0.15, -0.1) is 0 Å². The normalized spacial score (nSPS) is 12.3. The first kappa shape index (κ1) is 13.7. The fourth-order valence-corrected chi connectivity index (χ4v) is 2.10. The number of nitrogens with zero attached hydrogens (tertiary/aromatic N) is 2. The van der Waals surface area contributed by atoms with Crippen LogP contribution in [0.25, 0.3) is 0 Å². The summed E-state index contributed by atoms with van der Waals surface area (Å²) < 4.78 is 0. The molecule has 0 saturated heterocycles. The molecule has 0 amide bonds. The van der Waals surface area contributed by atoms with Gasteiger partial charge in [0.15, 0.2) is 0 Å². The molecular weight excluding hydrogens is 234 g/mol. The van der Waals surface area contributed by atoms with E-state index in [0.29, 0.717) is 0 Å². The molecule has 1 N–H and O–H groups in total. The van der Waals surface area contributed by atoms with Crippen LogP contribution in [0, 0.1) is 0 Å².